The van der Waals surface area contributed by atoms with E-state index in [1.54, 1.807) is 0 Å². The zero-order valence-electron chi connectivity index (χ0n) is 18.1. The fraction of sp³-hybridized carbons (Fsp3) is 0.462. The summed E-state index contributed by atoms with van der Waals surface area (Å²) in [5, 5.41) is 3.16. The Hall–Kier alpha value is -2.46. The molecular weight excluding hydrogens is 372 g/mol. The van der Waals surface area contributed by atoms with E-state index in [0.717, 1.165) is 49.8 Å². The van der Waals surface area contributed by atoms with Gasteiger partial charge in [-0.2, -0.15) is 0 Å². The van der Waals surface area contributed by atoms with Crippen molar-refractivity contribution >= 4 is 11.7 Å². The monoisotopic (exact) mass is 404 g/mol. The van der Waals surface area contributed by atoms with Gasteiger partial charge >= 0.3 is 0 Å². The molecule has 2 bridgehead atoms. The second kappa shape index (κ2) is 9.13. The van der Waals surface area contributed by atoms with Crippen molar-refractivity contribution in [2.45, 2.75) is 45.2 Å². The highest BCUT2D eigenvalue weighted by molar-refractivity contribution is 5.88. The molecule has 1 N–H and O–H groups in total. The first-order chi connectivity index (χ1) is 14.5. The van der Waals surface area contributed by atoms with Crippen molar-refractivity contribution in [2.75, 3.05) is 14.1 Å². The first-order valence-electron chi connectivity index (χ1n) is 11.1. The molecule has 4 nitrogen and oxygen atoms in total. The number of ketones is 1. The van der Waals surface area contributed by atoms with Gasteiger partial charge in [-0.05, 0) is 62.0 Å². The third-order valence-corrected chi connectivity index (χ3v) is 6.65. The van der Waals surface area contributed by atoms with E-state index in [4.69, 9.17) is 0 Å². The molecule has 4 heteroatoms. The largest absolute Gasteiger partial charge is 0.352 e. The van der Waals surface area contributed by atoms with Crippen LogP contribution < -0.4 is 5.32 Å². The van der Waals surface area contributed by atoms with Crippen molar-refractivity contribution in [1.29, 1.82) is 0 Å². The van der Waals surface area contributed by atoms with Gasteiger partial charge in [0, 0.05) is 30.8 Å². The Morgan fingerprint density at radius 1 is 1.00 bits per heavy atom. The van der Waals surface area contributed by atoms with E-state index < -0.39 is 0 Å². The molecule has 1 amide bonds. The van der Waals surface area contributed by atoms with Gasteiger partial charge in [-0.15, -0.1) is 0 Å². The lowest BCUT2D eigenvalue weighted by atomic mass is 9.67. The molecule has 2 fully saturated rings. The summed E-state index contributed by atoms with van der Waals surface area (Å²) in [6, 6.07) is 16.9. The maximum atomic E-state index is 12.9. The van der Waals surface area contributed by atoms with Crippen LogP contribution in [0, 0.1) is 17.8 Å². The van der Waals surface area contributed by atoms with Gasteiger partial charge in [0.05, 0.1) is 0 Å². The minimum absolute atomic E-state index is 0.0181. The number of Topliss-reactive ketones (excluding diaryl/α,β-unsaturated/α-hetero) is 1. The molecule has 0 aliphatic heterocycles. The summed E-state index contributed by atoms with van der Waals surface area (Å²) in [6.07, 6.45) is 4.53. The molecule has 0 radical (unpaired) electrons. The van der Waals surface area contributed by atoms with Gasteiger partial charge in [-0.25, -0.2) is 0 Å². The second-order valence-corrected chi connectivity index (χ2v) is 9.21. The van der Waals surface area contributed by atoms with Gasteiger partial charge in [0.1, 0.15) is 5.78 Å². The number of benzene rings is 2. The Balaban J connectivity index is 1.42. The summed E-state index contributed by atoms with van der Waals surface area (Å²) in [4.78, 5) is 27.3. The Labute approximate surface area is 179 Å². The van der Waals surface area contributed by atoms with Crippen molar-refractivity contribution in [3.8, 4) is 11.1 Å². The number of fused-ring (bicyclic) bond motifs is 2. The lowest BCUT2D eigenvalue weighted by Crippen LogP contribution is -2.42. The number of hydrogen-bond acceptors (Lipinski definition) is 3. The minimum Gasteiger partial charge on any atom is -0.352 e. The van der Waals surface area contributed by atoms with Crippen LogP contribution in [-0.4, -0.2) is 30.7 Å². The molecule has 0 heterocycles. The maximum absolute atomic E-state index is 12.9. The van der Waals surface area contributed by atoms with E-state index in [-0.39, 0.29) is 23.7 Å². The van der Waals surface area contributed by atoms with E-state index in [1.807, 2.05) is 12.1 Å². The third-order valence-electron chi connectivity index (χ3n) is 6.65. The predicted molar refractivity (Wildman–Crippen MR) is 120 cm³/mol. The number of nitrogens with one attached hydrogen (secondary N) is 1. The average molecular weight is 405 g/mol. The normalized spacial score (nSPS) is 23.4. The molecule has 30 heavy (non-hydrogen) atoms. The minimum atomic E-state index is -0.0181. The Bertz CT molecular complexity index is 888. The van der Waals surface area contributed by atoms with E-state index in [0.29, 0.717) is 12.3 Å². The quantitative estimate of drug-likeness (QED) is 0.775. The lowest BCUT2D eigenvalue weighted by molar-refractivity contribution is -0.137. The van der Waals surface area contributed by atoms with Crippen molar-refractivity contribution in [3.05, 3.63) is 59.7 Å². The molecule has 2 aromatic rings. The third kappa shape index (κ3) is 4.65. The van der Waals surface area contributed by atoms with Crippen molar-refractivity contribution in [1.82, 2.24) is 10.2 Å². The number of carbonyl (C=O) groups is 2. The predicted octanol–water partition coefficient (Wildman–Crippen LogP) is 4.43. The highest BCUT2D eigenvalue weighted by Crippen LogP contribution is 2.40. The molecule has 2 aromatic carbocycles. The average Bonchev–Trinajstić information content (AvgIpc) is 2.72. The van der Waals surface area contributed by atoms with Crippen molar-refractivity contribution < 1.29 is 9.59 Å². The SMILES string of the molecule is CN(C)Cc1ccc(-c2ccccc2CNC(=O)C2C[C@H]3CCC[C@@H](C2)C3=O)cc1. The van der Waals surface area contributed by atoms with E-state index in [9.17, 15) is 9.59 Å². The Kier molecular flexibility index (Phi) is 6.33. The topological polar surface area (TPSA) is 49.4 Å². The highest BCUT2D eigenvalue weighted by Gasteiger charge is 2.41. The molecule has 2 saturated carbocycles. The zero-order chi connectivity index (χ0) is 21.1. The first kappa shape index (κ1) is 20.8. The maximum Gasteiger partial charge on any atom is 0.223 e. The molecular formula is C26H32N2O2. The van der Waals surface area contributed by atoms with Gasteiger partial charge in [0.25, 0.3) is 0 Å². The van der Waals surface area contributed by atoms with E-state index in [2.05, 4.69) is 60.7 Å². The van der Waals surface area contributed by atoms with Crippen LogP contribution in [-0.2, 0) is 22.7 Å². The molecule has 0 aromatic heterocycles. The smallest absolute Gasteiger partial charge is 0.223 e. The van der Waals surface area contributed by atoms with Crippen LogP contribution in [0.2, 0.25) is 0 Å². The number of hydrogen-bond donors (Lipinski definition) is 1. The fourth-order valence-corrected chi connectivity index (χ4v) is 5.13. The molecule has 158 valence electrons. The van der Waals surface area contributed by atoms with Crippen LogP contribution in [0.5, 0.6) is 0 Å². The number of carbonyl (C=O) groups excluding carboxylic acids is 2. The Morgan fingerprint density at radius 3 is 2.33 bits per heavy atom. The van der Waals surface area contributed by atoms with Gasteiger partial charge in [-0.1, -0.05) is 55.0 Å². The standard InChI is InChI=1S/C26H32N2O2/c1-28(2)17-18-10-12-19(13-11-18)24-9-4-3-6-22(24)16-27-26(30)23-14-20-7-5-8-21(15-23)25(20)29/h3-4,6,9-13,20-21,23H,5,7-8,14-17H2,1-2H3,(H,27,30)/t20-,21+,23?. The molecule has 3 atom stereocenters. The molecule has 2 aliphatic carbocycles. The van der Waals surface area contributed by atoms with Gasteiger partial charge in [-0.3, -0.25) is 9.59 Å². The van der Waals surface area contributed by atoms with Crippen LogP contribution in [0.3, 0.4) is 0 Å². The molecule has 0 spiro atoms. The Morgan fingerprint density at radius 2 is 1.67 bits per heavy atom. The van der Waals surface area contributed by atoms with Crippen LogP contribution in [0.1, 0.15) is 43.2 Å². The van der Waals surface area contributed by atoms with E-state index >= 15 is 0 Å². The van der Waals surface area contributed by atoms with Crippen molar-refractivity contribution in [2.24, 2.45) is 17.8 Å². The van der Waals surface area contributed by atoms with Crippen LogP contribution >= 0.6 is 0 Å². The summed E-state index contributed by atoms with van der Waals surface area (Å²) >= 11 is 0. The van der Waals surface area contributed by atoms with E-state index in [1.165, 1.54) is 11.1 Å². The zero-order valence-corrected chi connectivity index (χ0v) is 18.1. The molecule has 2 aliphatic rings. The van der Waals surface area contributed by atoms with Crippen molar-refractivity contribution in [3.63, 3.8) is 0 Å². The summed E-state index contributed by atoms with van der Waals surface area (Å²) < 4.78 is 0. The summed E-state index contributed by atoms with van der Waals surface area (Å²) in [7, 11) is 4.14. The number of rotatable bonds is 6. The fourth-order valence-electron chi connectivity index (χ4n) is 5.13. The van der Waals surface area contributed by atoms with Gasteiger partial charge in [0.2, 0.25) is 5.91 Å². The number of nitrogens with zero attached hydrogens (tertiary/aromatic N) is 1. The molecule has 1 unspecified atom stereocenters. The van der Waals surface area contributed by atoms with Crippen LogP contribution in [0.15, 0.2) is 48.5 Å². The van der Waals surface area contributed by atoms with Crippen LogP contribution in [0.4, 0.5) is 0 Å². The summed E-state index contributed by atoms with van der Waals surface area (Å²) in [6.45, 7) is 1.44. The second-order valence-electron chi connectivity index (χ2n) is 9.21. The molecule has 4 rings (SSSR count). The summed E-state index contributed by atoms with van der Waals surface area (Å²) in [5.74, 6) is 0.724. The van der Waals surface area contributed by atoms with Crippen LogP contribution in [0.25, 0.3) is 11.1 Å². The lowest BCUT2D eigenvalue weighted by Gasteiger charge is -2.37. The highest BCUT2D eigenvalue weighted by atomic mass is 16.2. The molecule has 0 saturated heterocycles. The number of amides is 1. The first-order valence-corrected chi connectivity index (χ1v) is 11.1. The van der Waals surface area contributed by atoms with Gasteiger partial charge < -0.3 is 10.2 Å². The van der Waals surface area contributed by atoms with Gasteiger partial charge in [0.15, 0.2) is 0 Å². The summed E-state index contributed by atoms with van der Waals surface area (Å²) in [5.41, 5.74) is 4.73.